The monoisotopic (exact) mass is 295 g/mol. The molecule has 3 aromatic rings. The van der Waals surface area contributed by atoms with Crippen LogP contribution in [0.5, 0.6) is 0 Å². The van der Waals surface area contributed by atoms with Crippen LogP contribution in [0.1, 0.15) is 30.6 Å². The Kier molecular flexibility index (Phi) is 4.51. The van der Waals surface area contributed by atoms with E-state index in [4.69, 9.17) is 0 Å². The van der Waals surface area contributed by atoms with E-state index in [0.717, 1.165) is 23.0 Å². The standard InChI is InChI=1S/C18H21N3O/c1-13(10-17(22)14-6-3-2-4-7-14)19-11-15-8-5-9-16-12-20-21-18(15)16/h2-9,12-13,17,19,22H,10-11H2,1H3,(H,20,21). The molecule has 0 aliphatic carbocycles. The molecule has 0 spiro atoms. The van der Waals surface area contributed by atoms with E-state index in [0.29, 0.717) is 6.42 Å². The normalized spacial score (nSPS) is 14.1. The van der Waals surface area contributed by atoms with Gasteiger partial charge in [0.15, 0.2) is 0 Å². The highest BCUT2D eigenvalue weighted by Gasteiger charge is 2.12. The van der Waals surface area contributed by atoms with Crippen LogP contribution >= 0.6 is 0 Å². The molecule has 22 heavy (non-hydrogen) atoms. The summed E-state index contributed by atoms with van der Waals surface area (Å²) in [5.74, 6) is 0. The Morgan fingerprint density at radius 3 is 2.77 bits per heavy atom. The fourth-order valence-electron chi connectivity index (χ4n) is 2.69. The third kappa shape index (κ3) is 3.35. The van der Waals surface area contributed by atoms with E-state index in [2.05, 4.69) is 28.5 Å². The molecule has 0 saturated carbocycles. The third-order valence-corrected chi connectivity index (χ3v) is 3.97. The summed E-state index contributed by atoms with van der Waals surface area (Å²) in [6, 6.07) is 16.2. The van der Waals surface area contributed by atoms with Crippen LogP contribution in [0.15, 0.2) is 54.7 Å². The fraction of sp³-hybridized carbons (Fsp3) is 0.278. The molecule has 3 N–H and O–H groups in total. The number of nitrogens with one attached hydrogen (secondary N) is 2. The lowest BCUT2D eigenvalue weighted by Crippen LogP contribution is -2.27. The lowest BCUT2D eigenvalue weighted by Gasteiger charge is -2.18. The highest BCUT2D eigenvalue weighted by atomic mass is 16.3. The van der Waals surface area contributed by atoms with E-state index in [1.807, 2.05) is 48.7 Å². The smallest absolute Gasteiger partial charge is 0.0804 e. The first kappa shape index (κ1) is 14.8. The maximum atomic E-state index is 10.3. The van der Waals surface area contributed by atoms with Crippen LogP contribution in [-0.4, -0.2) is 21.3 Å². The minimum absolute atomic E-state index is 0.216. The molecule has 2 atom stereocenters. The molecular weight excluding hydrogens is 274 g/mol. The van der Waals surface area contributed by atoms with Crippen molar-refractivity contribution in [1.29, 1.82) is 0 Å². The van der Waals surface area contributed by atoms with Gasteiger partial charge in [-0.15, -0.1) is 0 Å². The maximum absolute atomic E-state index is 10.3. The van der Waals surface area contributed by atoms with E-state index >= 15 is 0 Å². The minimum Gasteiger partial charge on any atom is -0.388 e. The lowest BCUT2D eigenvalue weighted by atomic mass is 10.0. The topological polar surface area (TPSA) is 60.9 Å². The molecule has 0 aliphatic rings. The molecular formula is C18H21N3O. The van der Waals surface area contributed by atoms with E-state index < -0.39 is 6.10 Å². The summed E-state index contributed by atoms with van der Waals surface area (Å²) in [5, 5.41) is 22.0. The van der Waals surface area contributed by atoms with Crippen molar-refractivity contribution in [3.8, 4) is 0 Å². The number of hydrogen-bond acceptors (Lipinski definition) is 3. The Balaban J connectivity index is 1.58. The van der Waals surface area contributed by atoms with Crippen LogP contribution in [0.3, 0.4) is 0 Å². The Labute approximate surface area is 130 Å². The second-order valence-electron chi connectivity index (χ2n) is 5.70. The molecule has 0 fully saturated rings. The minimum atomic E-state index is -0.438. The van der Waals surface area contributed by atoms with E-state index in [-0.39, 0.29) is 6.04 Å². The fourth-order valence-corrected chi connectivity index (χ4v) is 2.69. The summed E-state index contributed by atoms with van der Waals surface area (Å²) < 4.78 is 0. The first-order valence-electron chi connectivity index (χ1n) is 7.61. The van der Waals surface area contributed by atoms with Gasteiger partial charge in [0.2, 0.25) is 0 Å². The van der Waals surface area contributed by atoms with Gasteiger partial charge in [-0.3, -0.25) is 5.10 Å². The SMILES string of the molecule is CC(CC(O)c1ccccc1)NCc1cccc2cn[nH]c12. The van der Waals surface area contributed by atoms with E-state index in [1.165, 1.54) is 5.56 Å². The molecule has 0 amide bonds. The number of rotatable bonds is 6. The van der Waals surface area contributed by atoms with Gasteiger partial charge in [-0.2, -0.15) is 5.10 Å². The summed E-state index contributed by atoms with van der Waals surface area (Å²) in [5.41, 5.74) is 3.23. The Morgan fingerprint density at radius 2 is 1.95 bits per heavy atom. The van der Waals surface area contributed by atoms with Gasteiger partial charge < -0.3 is 10.4 Å². The number of H-pyrrole nitrogens is 1. The summed E-state index contributed by atoms with van der Waals surface area (Å²) in [4.78, 5) is 0. The third-order valence-electron chi connectivity index (χ3n) is 3.97. The summed E-state index contributed by atoms with van der Waals surface area (Å²) in [6.45, 7) is 2.85. The zero-order chi connectivity index (χ0) is 15.4. The van der Waals surface area contributed by atoms with Crippen LogP contribution in [0.25, 0.3) is 10.9 Å². The average molecular weight is 295 g/mol. The van der Waals surface area contributed by atoms with Crippen LogP contribution < -0.4 is 5.32 Å². The molecule has 0 aliphatic heterocycles. The first-order valence-corrected chi connectivity index (χ1v) is 7.61. The van der Waals surface area contributed by atoms with Gasteiger partial charge in [-0.05, 0) is 24.5 Å². The molecule has 0 radical (unpaired) electrons. The molecule has 1 aromatic heterocycles. The predicted molar refractivity (Wildman–Crippen MR) is 88.4 cm³/mol. The van der Waals surface area contributed by atoms with Crippen molar-refractivity contribution in [2.75, 3.05) is 0 Å². The van der Waals surface area contributed by atoms with Crippen LogP contribution in [0.4, 0.5) is 0 Å². The van der Waals surface area contributed by atoms with Gasteiger partial charge in [0.25, 0.3) is 0 Å². The zero-order valence-electron chi connectivity index (χ0n) is 12.7. The van der Waals surface area contributed by atoms with Crippen molar-refractivity contribution >= 4 is 10.9 Å². The van der Waals surface area contributed by atoms with Gasteiger partial charge in [-0.25, -0.2) is 0 Å². The number of aliphatic hydroxyl groups is 1. The summed E-state index contributed by atoms with van der Waals surface area (Å²) in [6.07, 6.45) is 2.08. The van der Waals surface area contributed by atoms with Crippen molar-refractivity contribution in [1.82, 2.24) is 15.5 Å². The van der Waals surface area contributed by atoms with Gasteiger partial charge in [0.1, 0.15) is 0 Å². The van der Waals surface area contributed by atoms with Crippen molar-refractivity contribution in [2.45, 2.75) is 32.0 Å². The van der Waals surface area contributed by atoms with E-state index in [1.54, 1.807) is 0 Å². The van der Waals surface area contributed by atoms with Crippen molar-refractivity contribution in [3.63, 3.8) is 0 Å². The number of aromatic amines is 1. The molecule has 0 saturated heterocycles. The molecule has 2 aromatic carbocycles. The van der Waals surface area contributed by atoms with Crippen LogP contribution in [0.2, 0.25) is 0 Å². The average Bonchev–Trinajstić information content (AvgIpc) is 3.03. The molecule has 114 valence electrons. The van der Waals surface area contributed by atoms with Crippen LogP contribution in [-0.2, 0) is 6.54 Å². The lowest BCUT2D eigenvalue weighted by molar-refractivity contribution is 0.154. The zero-order valence-corrected chi connectivity index (χ0v) is 12.7. The van der Waals surface area contributed by atoms with Crippen molar-refractivity contribution in [2.24, 2.45) is 0 Å². The van der Waals surface area contributed by atoms with E-state index in [9.17, 15) is 5.11 Å². The van der Waals surface area contributed by atoms with Crippen molar-refractivity contribution < 1.29 is 5.11 Å². The Bertz CT molecular complexity index is 723. The molecule has 0 bridgehead atoms. The first-order chi connectivity index (χ1) is 10.7. The maximum Gasteiger partial charge on any atom is 0.0804 e. The van der Waals surface area contributed by atoms with Gasteiger partial charge >= 0.3 is 0 Å². The number of aliphatic hydroxyl groups excluding tert-OH is 1. The highest BCUT2D eigenvalue weighted by Crippen LogP contribution is 2.19. The Morgan fingerprint density at radius 1 is 1.14 bits per heavy atom. The number of benzene rings is 2. The van der Waals surface area contributed by atoms with Crippen LogP contribution in [0, 0.1) is 0 Å². The number of aromatic nitrogens is 2. The van der Waals surface area contributed by atoms with Crippen molar-refractivity contribution in [3.05, 3.63) is 65.9 Å². The largest absolute Gasteiger partial charge is 0.388 e. The summed E-state index contributed by atoms with van der Waals surface area (Å²) in [7, 11) is 0. The number of hydrogen-bond donors (Lipinski definition) is 3. The number of para-hydroxylation sites is 1. The van der Waals surface area contributed by atoms with Gasteiger partial charge in [0.05, 0.1) is 17.8 Å². The summed E-state index contributed by atoms with van der Waals surface area (Å²) >= 11 is 0. The van der Waals surface area contributed by atoms with Gasteiger partial charge in [-0.1, -0.05) is 48.5 Å². The predicted octanol–water partition coefficient (Wildman–Crippen LogP) is 3.16. The molecule has 4 heteroatoms. The molecule has 3 rings (SSSR count). The highest BCUT2D eigenvalue weighted by molar-refractivity contribution is 5.81. The second kappa shape index (κ2) is 6.73. The second-order valence-corrected chi connectivity index (χ2v) is 5.70. The number of nitrogens with zero attached hydrogens (tertiary/aromatic N) is 1. The molecule has 4 nitrogen and oxygen atoms in total. The molecule has 1 heterocycles. The Hall–Kier alpha value is -2.17. The molecule has 2 unspecified atom stereocenters. The quantitative estimate of drug-likeness (QED) is 0.654. The number of fused-ring (bicyclic) bond motifs is 1. The van der Waals surface area contributed by atoms with Gasteiger partial charge in [0, 0.05) is 18.0 Å².